The summed E-state index contributed by atoms with van der Waals surface area (Å²) in [6.45, 7) is 0. The van der Waals surface area contributed by atoms with E-state index < -0.39 is 18.0 Å². The van der Waals surface area contributed by atoms with Crippen LogP contribution in [0, 0.1) is 0 Å². The number of halogens is 2. The quantitative estimate of drug-likeness (QED) is 0.754. The largest absolute Gasteiger partial charge is 0.469 e. The Bertz CT molecular complexity index is 410. The fourth-order valence-electron chi connectivity index (χ4n) is 1.19. The van der Waals surface area contributed by atoms with Crippen LogP contribution in [0.15, 0.2) is 6.20 Å². The lowest BCUT2D eigenvalue weighted by molar-refractivity contribution is -0.139. The van der Waals surface area contributed by atoms with Gasteiger partial charge in [0, 0.05) is 0 Å². The van der Waals surface area contributed by atoms with Gasteiger partial charge in [0.1, 0.15) is 0 Å². The zero-order chi connectivity index (χ0) is 12.3. The van der Waals surface area contributed by atoms with Crippen molar-refractivity contribution >= 4 is 17.3 Å². The van der Waals surface area contributed by atoms with Crippen molar-refractivity contribution < 1.29 is 18.3 Å². The maximum absolute atomic E-state index is 12.6. The number of aromatic nitrogens is 1. The molecule has 0 radical (unpaired) electrons. The molecule has 5 nitrogen and oxygen atoms in total. The molecule has 0 aliphatic carbocycles. The van der Waals surface area contributed by atoms with Gasteiger partial charge in [-0.3, -0.25) is 9.78 Å². The van der Waals surface area contributed by atoms with E-state index in [1.54, 1.807) is 0 Å². The van der Waals surface area contributed by atoms with Crippen LogP contribution < -0.4 is 11.5 Å². The number of nitrogen functional groups attached to an aromatic ring is 2. The molecule has 0 aliphatic rings. The summed E-state index contributed by atoms with van der Waals surface area (Å²) in [7, 11) is 1.18. The van der Waals surface area contributed by atoms with E-state index in [1.165, 1.54) is 7.11 Å². The minimum absolute atomic E-state index is 0.0383. The first-order valence-corrected chi connectivity index (χ1v) is 4.35. The van der Waals surface area contributed by atoms with Crippen molar-refractivity contribution in [3.05, 3.63) is 17.5 Å². The number of methoxy groups -OCH3 is 1. The Morgan fingerprint density at radius 3 is 2.69 bits per heavy atom. The highest BCUT2D eigenvalue weighted by Crippen LogP contribution is 2.31. The van der Waals surface area contributed by atoms with Crippen molar-refractivity contribution in [3.8, 4) is 0 Å². The van der Waals surface area contributed by atoms with Crippen molar-refractivity contribution in [2.75, 3.05) is 18.6 Å². The number of hydrogen-bond donors (Lipinski definition) is 2. The summed E-state index contributed by atoms with van der Waals surface area (Å²) in [5, 5.41) is 0. The minimum Gasteiger partial charge on any atom is -0.469 e. The predicted molar refractivity (Wildman–Crippen MR) is 53.7 cm³/mol. The Labute approximate surface area is 90.4 Å². The van der Waals surface area contributed by atoms with Crippen LogP contribution in [0.1, 0.15) is 17.7 Å². The number of rotatable bonds is 3. The van der Waals surface area contributed by atoms with Crippen LogP contribution in [-0.4, -0.2) is 18.1 Å². The molecule has 0 fully saturated rings. The van der Waals surface area contributed by atoms with Gasteiger partial charge in [0.15, 0.2) is 0 Å². The van der Waals surface area contributed by atoms with Crippen LogP contribution in [0.2, 0.25) is 0 Å². The van der Waals surface area contributed by atoms with E-state index in [0.717, 1.165) is 6.20 Å². The van der Waals surface area contributed by atoms with Gasteiger partial charge in [0.2, 0.25) is 0 Å². The molecule has 0 aromatic carbocycles. The lowest BCUT2D eigenvalue weighted by atomic mass is 10.1. The molecule has 0 spiro atoms. The maximum atomic E-state index is 12.6. The van der Waals surface area contributed by atoms with Gasteiger partial charge in [-0.15, -0.1) is 0 Å². The van der Waals surface area contributed by atoms with Crippen molar-refractivity contribution in [2.45, 2.75) is 12.8 Å². The Morgan fingerprint density at radius 2 is 2.19 bits per heavy atom. The highest BCUT2D eigenvalue weighted by atomic mass is 19.3. The molecule has 0 saturated heterocycles. The first kappa shape index (κ1) is 12.2. The maximum Gasteiger partial charge on any atom is 0.311 e. The summed E-state index contributed by atoms with van der Waals surface area (Å²) in [6, 6.07) is 0. The van der Waals surface area contributed by atoms with E-state index >= 15 is 0 Å². The molecule has 16 heavy (non-hydrogen) atoms. The predicted octanol–water partition coefficient (Wildman–Crippen LogP) is 0.899. The third-order valence-electron chi connectivity index (χ3n) is 2.03. The number of anilines is 2. The van der Waals surface area contributed by atoms with E-state index in [9.17, 15) is 13.6 Å². The molecule has 1 heterocycles. The standard InChI is InChI=1S/C9H11F2N3O2/c1-16-6(15)2-5-8(13)7(9(10)11)4(12)3-14-5/h3,9H,2,12-13H2,1H3. The van der Waals surface area contributed by atoms with Crippen LogP contribution >= 0.6 is 0 Å². The SMILES string of the molecule is COC(=O)Cc1ncc(N)c(C(F)F)c1N. The van der Waals surface area contributed by atoms with E-state index in [4.69, 9.17) is 11.5 Å². The van der Waals surface area contributed by atoms with Gasteiger partial charge in [-0.2, -0.15) is 0 Å². The third-order valence-corrected chi connectivity index (χ3v) is 2.03. The van der Waals surface area contributed by atoms with Gasteiger partial charge in [-0.25, -0.2) is 8.78 Å². The van der Waals surface area contributed by atoms with Gasteiger partial charge >= 0.3 is 5.97 Å². The summed E-state index contributed by atoms with van der Waals surface area (Å²) < 4.78 is 29.6. The summed E-state index contributed by atoms with van der Waals surface area (Å²) in [6.07, 6.45) is -2.02. The van der Waals surface area contributed by atoms with E-state index in [2.05, 4.69) is 9.72 Å². The number of ether oxygens (including phenoxy) is 1. The van der Waals surface area contributed by atoms with Crippen molar-refractivity contribution in [1.82, 2.24) is 4.98 Å². The molecule has 0 aliphatic heterocycles. The summed E-state index contributed by atoms with van der Waals surface area (Å²) in [4.78, 5) is 14.7. The molecule has 0 amide bonds. The Balaban J connectivity index is 3.13. The van der Waals surface area contributed by atoms with Crippen LogP contribution in [0.3, 0.4) is 0 Å². The van der Waals surface area contributed by atoms with Gasteiger partial charge in [0.05, 0.1) is 42.4 Å². The van der Waals surface area contributed by atoms with Crippen molar-refractivity contribution in [2.24, 2.45) is 0 Å². The van der Waals surface area contributed by atoms with Crippen LogP contribution in [0.4, 0.5) is 20.2 Å². The lowest BCUT2D eigenvalue weighted by Gasteiger charge is -2.11. The molecule has 1 aromatic rings. The topological polar surface area (TPSA) is 91.2 Å². The van der Waals surface area contributed by atoms with Gasteiger partial charge in [-0.1, -0.05) is 0 Å². The first-order valence-electron chi connectivity index (χ1n) is 4.35. The van der Waals surface area contributed by atoms with Gasteiger partial charge in [0.25, 0.3) is 6.43 Å². The van der Waals surface area contributed by atoms with Crippen LogP contribution in [0.25, 0.3) is 0 Å². The minimum atomic E-state index is -2.81. The zero-order valence-corrected chi connectivity index (χ0v) is 8.54. The highest BCUT2D eigenvalue weighted by molar-refractivity contribution is 5.75. The third kappa shape index (κ3) is 2.36. The number of nitrogens with zero attached hydrogens (tertiary/aromatic N) is 1. The second-order valence-corrected chi connectivity index (χ2v) is 3.04. The fourth-order valence-corrected chi connectivity index (χ4v) is 1.19. The monoisotopic (exact) mass is 231 g/mol. The number of esters is 1. The van der Waals surface area contributed by atoms with Gasteiger partial charge < -0.3 is 16.2 Å². The Hall–Kier alpha value is -1.92. The molecule has 88 valence electrons. The summed E-state index contributed by atoms with van der Waals surface area (Å²) >= 11 is 0. The second kappa shape index (κ2) is 4.73. The molecule has 1 aromatic heterocycles. The highest BCUT2D eigenvalue weighted by Gasteiger charge is 2.20. The molecule has 0 saturated carbocycles. The second-order valence-electron chi connectivity index (χ2n) is 3.04. The van der Waals surface area contributed by atoms with Crippen molar-refractivity contribution in [1.29, 1.82) is 0 Å². The number of alkyl halides is 2. The number of carbonyl (C=O) groups is 1. The van der Waals surface area contributed by atoms with Crippen LogP contribution in [0.5, 0.6) is 0 Å². The first-order chi connectivity index (χ1) is 7.47. The Morgan fingerprint density at radius 1 is 1.56 bits per heavy atom. The average molecular weight is 231 g/mol. The van der Waals surface area contributed by atoms with Crippen LogP contribution in [-0.2, 0) is 16.0 Å². The normalized spacial score (nSPS) is 10.5. The zero-order valence-electron chi connectivity index (χ0n) is 8.54. The Kier molecular flexibility index (Phi) is 3.60. The number of hydrogen-bond acceptors (Lipinski definition) is 5. The molecule has 7 heteroatoms. The number of pyridine rings is 1. The molecular formula is C9H11F2N3O2. The molecule has 4 N–H and O–H groups in total. The van der Waals surface area contributed by atoms with E-state index in [1.807, 2.05) is 0 Å². The molecule has 0 unspecified atom stereocenters. The van der Waals surface area contributed by atoms with E-state index in [-0.39, 0.29) is 23.5 Å². The molecule has 0 atom stereocenters. The average Bonchev–Trinajstić information content (AvgIpc) is 2.21. The summed E-state index contributed by atoms with van der Waals surface area (Å²) in [5.74, 6) is -0.607. The van der Waals surface area contributed by atoms with E-state index in [0.29, 0.717) is 0 Å². The molecule has 0 bridgehead atoms. The smallest absolute Gasteiger partial charge is 0.311 e. The molecular weight excluding hydrogens is 220 g/mol. The number of carbonyl (C=O) groups excluding carboxylic acids is 1. The number of nitrogens with two attached hydrogens (primary N) is 2. The summed E-state index contributed by atoms with van der Waals surface area (Å²) in [5.41, 5.74) is 9.86. The van der Waals surface area contributed by atoms with Crippen molar-refractivity contribution in [3.63, 3.8) is 0 Å². The van der Waals surface area contributed by atoms with Gasteiger partial charge in [-0.05, 0) is 0 Å². The fraction of sp³-hybridized carbons (Fsp3) is 0.333. The molecule has 1 rings (SSSR count). The lowest BCUT2D eigenvalue weighted by Crippen LogP contribution is -2.12.